The van der Waals surface area contributed by atoms with Crippen LogP contribution in [0.2, 0.25) is 0 Å². The first-order valence-corrected chi connectivity index (χ1v) is 20.4. The summed E-state index contributed by atoms with van der Waals surface area (Å²) in [6, 6.07) is 0. The number of ether oxygens (including phenoxy) is 9. The van der Waals surface area contributed by atoms with Gasteiger partial charge in [0.1, 0.15) is 81.2 Å². The van der Waals surface area contributed by atoms with E-state index in [1.54, 1.807) is 6.92 Å². The second kappa shape index (κ2) is 43.1. The molecule has 0 aromatic heterocycles. The molecule has 0 aromatic carbocycles. The zero-order chi connectivity index (χ0) is 45.7. The number of nitrogens with one attached hydrogen (secondary N) is 2. The van der Waals surface area contributed by atoms with Gasteiger partial charge in [0.15, 0.2) is 0 Å². The van der Waals surface area contributed by atoms with Crippen LogP contribution in [0.4, 0.5) is 0 Å². The lowest BCUT2D eigenvalue weighted by Crippen LogP contribution is -3.14. The quantitative estimate of drug-likeness (QED) is 0.0153. The number of carbonyl (C=O) groups is 2. The van der Waals surface area contributed by atoms with Gasteiger partial charge in [-0.05, 0) is 0 Å². The van der Waals surface area contributed by atoms with Crippen molar-refractivity contribution in [1.82, 2.24) is 5.32 Å². The van der Waals surface area contributed by atoms with Crippen molar-refractivity contribution >= 4 is 11.9 Å². The molecular formula is C38H75Cl2N2O21-. The molecule has 0 aliphatic heterocycles. The van der Waals surface area contributed by atoms with Crippen LogP contribution in [-0.4, -0.2) is 263 Å². The summed E-state index contributed by atoms with van der Waals surface area (Å²) in [5.74, 6) is -1.23. The maximum absolute atomic E-state index is 11.5. The third kappa shape index (κ3) is 38.3. The summed E-state index contributed by atoms with van der Waals surface area (Å²) in [5.41, 5.74) is -1.47. The second-order valence-corrected chi connectivity index (χ2v) is 14.2. The Kier molecular flexibility index (Phi) is 45.0. The molecule has 0 heterocycles. The second-order valence-electron chi connectivity index (χ2n) is 14.2. The zero-order valence-electron chi connectivity index (χ0n) is 36.2. The number of esters is 2. The van der Waals surface area contributed by atoms with Gasteiger partial charge in [-0.25, -0.2) is 4.79 Å². The monoisotopic (exact) mass is 965 g/mol. The van der Waals surface area contributed by atoms with Gasteiger partial charge in [0, 0.05) is 38.6 Å². The van der Waals surface area contributed by atoms with E-state index in [0.29, 0.717) is 13.1 Å². The van der Waals surface area contributed by atoms with E-state index in [1.165, 1.54) is 0 Å². The van der Waals surface area contributed by atoms with E-state index in [0.717, 1.165) is 11.0 Å². The number of carbonyl (C=O) groups excluding carboxylic acids is 2. The fraction of sp³-hybridized carbons (Fsp3) is 0.895. The maximum Gasteiger partial charge on any atom is 0.330 e. The standard InChI is InChI=1S/C38H74N2O21.2ClH/c1-3-36(50)60-21-32(48)19-58-34(23-54-16-30(46)15-53-14-29(45)13-40(7-11-43)8-12-44)24-55-17-31(47)18-56-25-35(59-20-33(49)22-61-37(51)4-2)26-57-28-38(52,5-9-41)27-39-6-10-42;;/h4,29-35,39,41-49,52H,2-3,5-28H2,1H3;2*1H/p-1. The van der Waals surface area contributed by atoms with Crippen LogP contribution < -0.4 is 35.0 Å². The Morgan fingerprint density at radius 3 is 1.51 bits per heavy atom. The maximum atomic E-state index is 11.5. The molecule has 23 nitrogen and oxygen atoms in total. The van der Waals surface area contributed by atoms with Crippen molar-refractivity contribution in [1.29, 1.82) is 0 Å². The Balaban J connectivity index is -0.0000180. The van der Waals surface area contributed by atoms with Crippen molar-refractivity contribution in [2.75, 3.05) is 152 Å². The molecule has 12 N–H and O–H groups in total. The van der Waals surface area contributed by atoms with Crippen LogP contribution in [-0.2, 0) is 52.2 Å². The number of hydrogen-bond donors (Lipinski definition) is 12. The molecule has 25 heteroatoms. The fourth-order valence-electron chi connectivity index (χ4n) is 5.09. The smallest absolute Gasteiger partial charge is 0.330 e. The Hall–Kier alpha value is -1.50. The van der Waals surface area contributed by atoms with Gasteiger partial charge >= 0.3 is 11.9 Å². The minimum absolute atomic E-state index is 0. The van der Waals surface area contributed by atoms with Gasteiger partial charge < -0.3 is 129 Å². The molecule has 0 saturated heterocycles. The van der Waals surface area contributed by atoms with Crippen LogP contribution in [0.1, 0.15) is 19.8 Å². The molecule has 0 fully saturated rings. The Morgan fingerprint density at radius 2 is 1.06 bits per heavy atom. The van der Waals surface area contributed by atoms with Crippen molar-refractivity contribution < 1.29 is 133 Å². The predicted molar refractivity (Wildman–Crippen MR) is 212 cm³/mol. The first kappa shape index (κ1) is 65.8. The summed E-state index contributed by atoms with van der Waals surface area (Å²) in [4.78, 5) is 23.6. The summed E-state index contributed by atoms with van der Waals surface area (Å²) >= 11 is 0. The van der Waals surface area contributed by atoms with E-state index >= 15 is 0 Å². The van der Waals surface area contributed by atoms with E-state index < -0.39 is 60.3 Å². The molecule has 8 unspecified atom stereocenters. The highest BCUT2D eigenvalue weighted by molar-refractivity contribution is 5.81. The summed E-state index contributed by atoms with van der Waals surface area (Å²) < 4.78 is 49.0. The van der Waals surface area contributed by atoms with E-state index in [1.807, 2.05) is 0 Å². The Bertz CT molecular complexity index is 1080. The Labute approximate surface area is 381 Å². The number of aliphatic hydroxyl groups excluding tert-OH is 9. The predicted octanol–water partition coefficient (Wildman–Crippen LogP) is -13.1. The average Bonchev–Trinajstić information content (AvgIpc) is 3.22. The SMILES string of the molecule is C=CC(=O)OCC(O)COC(COCC(O)COCC(COCC(O)COCC(O)C[NH+](CCO)CCO)OCC(O)COC(=O)CC)COCC(O)(CCO)CNCCO.[Cl-].[Cl-]. The van der Waals surface area contributed by atoms with Crippen LogP contribution in [0, 0.1) is 0 Å². The molecule has 0 rings (SSSR count). The van der Waals surface area contributed by atoms with Crippen LogP contribution in [0.15, 0.2) is 12.7 Å². The van der Waals surface area contributed by atoms with E-state index in [2.05, 4.69) is 11.9 Å². The molecule has 0 amide bonds. The molecule has 8 atom stereocenters. The normalized spacial score (nSPS) is 15.8. The number of hydrogen-bond acceptors (Lipinski definition) is 22. The highest BCUT2D eigenvalue weighted by Gasteiger charge is 2.27. The van der Waals surface area contributed by atoms with Gasteiger partial charge in [0.05, 0.1) is 99.1 Å². The summed E-state index contributed by atoms with van der Waals surface area (Å²) in [7, 11) is 0. The molecular weight excluding hydrogens is 891 g/mol. The van der Waals surface area contributed by atoms with Crippen LogP contribution >= 0.6 is 0 Å². The van der Waals surface area contributed by atoms with Gasteiger partial charge in [0.25, 0.3) is 0 Å². The number of rotatable bonds is 44. The highest BCUT2D eigenvalue weighted by Crippen LogP contribution is 2.11. The summed E-state index contributed by atoms with van der Waals surface area (Å²) in [6.45, 7) is 2.37. The third-order valence-corrected chi connectivity index (χ3v) is 8.27. The van der Waals surface area contributed by atoms with Crippen molar-refractivity contribution in [2.45, 2.75) is 68.1 Å². The van der Waals surface area contributed by atoms with Gasteiger partial charge in [-0.3, -0.25) is 4.79 Å². The number of aliphatic hydroxyl groups is 10. The lowest BCUT2D eigenvalue weighted by molar-refractivity contribution is -0.903. The molecule has 0 aliphatic rings. The van der Waals surface area contributed by atoms with Gasteiger partial charge in [-0.1, -0.05) is 13.5 Å². The fourth-order valence-corrected chi connectivity index (χ4v) is 5.09. The molecule has 0 bridgehead atoms. The molecule has 378 valence electrons. The molecule has 0 aromatic rings. The van der Waals surface area contributed by atoms with Crippen molar-refractivity contribution in [3.05, 3.63) is 12.7 Å². The third-order valence-electron chi connectivity index (χ3n) is 8.27. The van der Waals surface area contributed by atoms with Gasteiger partial charge in [-0.15, -0.1) is 0 Å². The zero-order valence-corrected chi connectivity index (χ0v) is 37.7. The molecule has 63 heavy (non-hydrogen) atoms. The molecule has 0 aliphatic carbocycles. The Morgan fingerprint density at radius 1 is 0.619 bits per heavy atom. The minimum Gasteiger partial charge on any atom is -1.00 e. The largest absolute Gasteiger partial charge is 1.00 e. The van der Waals surface area contributed by atoms with Crippen LogP contribution in [0.25, 0.3) is 0 Å². The van der Waals surface area contributed by atoms with Crippen molar-refractivity contribution in [2.24, 2.45) is 0 Å². The van der Waals surface area contributed by atoms with Crippen LogP contribution in [0.5, 0.6) is 0 Å². The van der Waals surface area contributed by atoms with Gasteiger partial charge in [0.2, 0.25) is 0 Å². The van der Waals surface area contributed by atoms with E-state index in [9.17, 15) is 45.3 Å². The lowest BCUT2D eigenvalue weighted by Gasteiger charge is -2.29. The minimum atomic E-state index is -1.47. The highest BCUT2D eigenvalue weighted by atomic mass is 35.5. The lowest BCUT2D eigenvalue weighted by atomic mass is 10.0. The summed E-state index contributed by atoms with van der Waals surface area (Å²) in [6.07, 6.45) is -6.12. The number of halogens is 2. The summed E-state index contributed by atoms with van der Waals surface area (Å²) in [5, 5.41) is 102. The number of quaternary nitrogens is 1. The van der Waals surface area contributed by atoms with Gasteiger partial charge in [-0.2, -0.15) is 0 Å². The van der Waals surface area contributed by atoms with E-state index in [4.69, 9.17) is 58.0 Å². The molecule has 0 radical (unpaired) electrons. The van der Waals surface area contributed by atoms with E-state index in [-0.39, 0.29) is 176 Å². The van der Waals surface area contributed by atoms with Crippen LogP contribution in [0.3, 0.4) is 0 Å². The first-order chi connectivity index (χ1) is 29.2. The molecule has 0 saturated carbocycles. The van der Waals surface area contributed by atoms with Crippen molar-refractivity contribution in [3.8, 4) is 0 Å². The topological polar surface area (TPSA) is 336 Å². The first-order valence-electron chi connectivity index (χ1n) is 20.4. The van der Waals surface area contributed by atoms with Crippen molar-refractivity contribution in [3.63, 3.8) is 0 Å². The average molecular weight is 967 g/mol. The molecule has 0 spiro atoms.